The normalized spacial score (nSPS) is 14.5. The van der Waals surface area contributed by atoms with Gasteiger partial charge in [-0.1, -0.05) is 0 Å². The molecule has 120 valence electrons. The SMILES string of the molecule is CC(NC(=O)CNC(=O)C(C)NC(=O)C(N)CS)C(=O)O. The lowest BCUT2D eigenvalue weighted by Gasteiger charge is -2.16. The Hall–Kier alpha value is -1.81. The monoisotopic (exact) mass is 320 g/mol. The Kier molecular flexibility index (Phi) is 8.39. The maximum Gasteiger partial charge on any atom is 0.325 e. The van der Waals surface area contributed by atoms with E-state index in [0.717, 1.165) is 0 Å². The van der Waals surface area contributed by atoms with Gasteiger partial charge in [-0.3, -0.25) is 19.2 Å². The first-order chi connectivity index (χ1) is 9.68. The van der Waals surface area contributed by atoms with Crippen LogP contribution in [0.3, 0.4) is 0 Å². The summed E-state index contributed by atoms with van der Waals surface area (Å²) < 4.78 is 0. The molecular formula is C11H20N4O5S. The molecule has 0 rings (SSSR count). The zero-order valence-electron chi connectivity index (χ0n) is 11.8. The first-order valence-electron chi connectivity index (χ1n) is 6.15. The number of nitrogens with one attached hydrogen (secondary N) is 3. The van der Waals surface area contributed by atoms with Crippen molar-refractivity contribution in [1.82, 2.24) is 16.0 Å². The van der Waals surface area contributed by atoms with Crippen LogP contribution >= 0.6 is 12.6 Å². The van der Waals surface area contributed by atoms with Crippen molar-refractivity contribution in [1.29, 1.82) is 0 Å². The lowest BCUT2D eigenvalue weighted by Crippen LogP contribution is -2.52. The van der Waals surface area contributed by atoms with Gasteiger partial charge in [-0.2, -0.15) is 12.6 Å². The summed E-state index contributed by atoms with van der Waals surface area (Å²) in [5.74, 6) is -2.82. The molecule has 6 N–H and O–H groups in total. The molecular weight excluding hydrogens is 300 g/mol. The Morgan fingerprint density at radius 1 is 1.10 bits per heavy atom. The lowest BCUT2D eigenvalue weighted by atomic mass is 10.2. The summed E-state index contributed by atoms with van der Waals surface area (Å²) >= 11 is 3.86. The number of hydrogen-bond donors (Lipinski definition) is 6. The minimum atomic E-state index is -1.18. The highest BCUT2D eigenvalue weighted by molar-refractivity contribution is 7.80. The van der Waals surface area contributed by atoms with E-state index in [1.54, 1.807) is 0 Å². The van der Waals surface area contributed by atoms with E-state index >= 15 is 0 Å². The second-order valence-corrected chi connectivity index (χ2v) is 4.73. The minimum Gasteiger partial charge on any atom is -0.480 e. The highest BCUT2D eigenvalue weighted by atomic mass is 32.1. The molecule has 21 heavy (non-hydrogen) atoms. The summed E-state index contributed by atoms with van der Waals surface area (Å²) in [4.78, 5) is 45.0. The molecule has 0 saturated heterocycles. The van der Waals surface area contributed by atoms with E-state index in [1.807, 2.05) is 0 Å². The molecule has 0 aliphatic heterocycles. The average molecular weight is 320 g/mol. The molecule has 0 bridgehead atoms. The van der Waals surface area contributed by atoms with Crippen molar-refractivity contribution in [3.63, 3.8) is 0 Å². The van der Waals surface area contributed by atoms with Crippen molar-refractivity contribution in [2.24, 2.45) is 5.73 Å². The summed E-state index contributed by atoms with van der Waals surface area (Å²) in [6.45, 7) is 2.33. The Balaban J connectivity index is 4.16. The third-order valence-corrected chi connectivity index (χ3v) is 2.85. The number of nitrogens with two attached hydrogens (primary N) is 1. The summed E-state index contributed by atoms with van der Waals surface area (Å²) in [7, 11) is 0. The van der Waals surface area contributed by atoms with Crippen molar-refractivity contribution in [3.8, 4) is 0 Å². The third-order valence-electron chi connectivity index (χ3n) is 2.46. The van der Waals surface area contributed by atoms with Crippen LogP contribution in [-0.4, -0.2) is 59.2 Å². The average Bonchev–Trinajstić information content (AvgIpc) is 2.43. The Morgan fingerprint density at radius 3 is 2.14 bits per heavy atom. The van der Waals surface area contributed by atoms with E-state index in [9.17, 15) is 19.2 Å². The molecule has 0 aromatic carbocycles. The molecule has 0 aromatic rings. The number of carboxylic acid groups (broad SMARTS) is 1. The van der Waals surface area contributed by atoms with Gasteiger partial charge in [-0.05, 0) is 13.8 Å². The number of aliphatic carboxylic acids is 1. The molecule has 0 fully saturated rings. The number of thiol groups is 1. The largest absolute Gasteiger partial charge is 0.480 e. The van der Waals surface area contributed by atoms with Crippen LogP contribution < -0.4 is 21.7 Å². The molecule has 0 radical (unpaired) electrons. The number of hydrogen-bond acceptors (Lipinski definition) is 6. The van der Waals surface area contributed by atoms with Gasteiger partial charge in [0.1, 0.15) is 12.1 Å². The molecule has 0 heterocycles. The standard InChI is InChI=1S/C11H20N4O5S/c1-5(15-10(18)7(12)4-21)9(17)13-3-8(16)14-6(2)11(19)20/h5-7,21H,3-4,12H2,1-2H3,(H,13,17)(H,14,16)(H,15,18)(H,19,20). The van der Waals surface area contributed by atoms with Crippen molar-refractivity contribution >= 4 is 36.3 Å². The van der Waals surface area contributed by atoms with Gasteiger partial charge in [0, 0.05) is 5.75 Å². The predicted molar refractivity (Wildman–Crippen MR) is 77.7 cm³/mol. The van der Waals surface area contributed by atoms with Gasteiger partial charge in [0.25, 0.3) is 0 Å². The van der Waals surface area contributed by atoms with Crippen molar-refractivity contribution < 1.29 is 24.3 Å². The number of rotatable bonds is 8. The summed E-state index contributed by atoms with van der Waals surface area (Å²) in [6.07, 6.45) is 0. The molecule has 0 aromatic heterocycles. The van der Waals surface area contributed by atoms with Crippen LogP contribution in [0.2, 0.25) is 0 Å². The highest BCUT2D eigenvalue weighted by Gasteiger charge is 2.20. The van der Waals surface area contributed by atoms with Crippen LogP contribution in [0.5, 0.6) is 0 Å². The van der Waals surface area contributed by atoms with E-state index in [0.29, 0.717) is 0 Å². The molecule has 0 saturated carbocycles. The third kappa shape index (κ3) is 7.51. The lowest BCUT2D eigenvalue weighted by molar-refractivity contribution is -0.141. The number of carbonyl (C=O) groups excluding carboxylic acids is 3. The zero-order chi connectivity index (χ0) is 16.6. The Morgan fingerprint density at radius 2 is 1.67 bits per heavy atom. The van der Waals surface area contributed by atoms with Crippen molar-refractivity contribution in [2.45, 2.75) is 32.0 Å². The van der Waals surface area contributed by atoms with Crippen molar-refractivity contribution in [3.05, 3.63) is 0 Å². The minimum absolute atomic E-state index is 0.135. The second-order valence-electron chi connectivity index (χ2n) is 4.36. The molecule has 9 nitrogen and oxygen atoms in total. The quantitative estimate of drug-likeness (QED) is 0.271. The molecule has 10 heteroatoms. The first-order valence-corrected chi connectivity index (χ1v) is 6.79. The maximum absolute atomic E-state index is 11.6. The second kappa shape index (κ2) is 9.19. The first kappa shape index (κ1) is 19.2. The predicted octanol–water partition coefficient (Wildman–Crippen LogP) is -2.55. The molecule has 3 atom stereocenters. The molecule has 0 aliphatic rings. The number of carboxylic acids is 1. The van der Waals surface area contributed by atoms with Crippen LogP contribution in [0.25, 0.3) is 0 Å². The molecule has 3 amide bonds. The fourth-order valence-electron chi connectivity index (χ4n) is 1.14. The van der Waals surface area contributed by atoms with E-state index in [4.69, 9.17) is 10.8 Å². The Labute approximate surface area is 127 Å². The van der Waals surface area contributed by atoms with Crippen LogP contribution in [0.15, 0.2) is 0 Å². The van der Waals surface area contributed by atoms with Crippen molar-refractivity contribution in [2.75, 3.05) is 12.3 Å². The van der Waals surface area contributed by atoms with Gasteiger partial charge in [-0.25, -0.2) is 0 Å². The van der Waals surface area contributed by atoms with Gasteiger partial charge in [0.15, 0.2) is 0 Å². The summed E-state index contributed by atoms with van der Waals surface area (Å²) in [5, 5.41) is 15.4. The molecule has 3 unspecified atom stereocenters. The van der Waals surface area contributed by atoms with Gasteiger partial charge in [0.05, 0.1) is 12.6 Å². The number of amides is 3. The zero-order valence-corrected chi connectivity index (χ0v) is 12.6. The van der Waals surface area contributed by atoms with Gasteiger partial charge in [0.2, 0.25) is 17.7 Å². The summed E-state index contributed by atoms with van der Waals surface area (Å²) in [6, 6.07) is -2.77. The van der Waals surface area contributed by atoms with E-state index < -0.39 is 48.4 Å². The van der Waals surface area contributed by atoms with Gasteiger partial charge < -0.3 is 26.8 Å². The van der Waals surface area contributed by atoms with Crippen LogP contribution in [0.1, 0.15) is 13.8 Å². The van der Waals surface area contributed by atoms with E-state index in [2.05, 4.69) is 28.6 Å². The maximum atomic E-state index is 11.6. The fourth-order valence-corrected chi connectivity index (χ4v) is 1.31. The summed E-state index contributed by atoms with van der Waals surface area (Å²) in [5.41, 5.74) is 5.43. The van der Waals surface area contributed by atoms with E-state index in [1.165, 1.54) is 13.8 Å². The van der Waals surface area contributed by atoms with Gasteiger partial charge >= 0.3 is 5.97 Å². The van der Waals surface area contributed by atoms with Crippen LogP contribution in [0.4, 0.5) is 0 Å². The topological polar surface area (TPSA) is 151 Å². The highest BCUT2D eigenvalue weighted by Crippen LogP contribution is 1.88. The van der Waals surface area contributed by atoms with Crippen LogP contribution in [0, 0.1) is 0 Å². The van der Waals surface area contributed by atoms with Gasteiger partial charge in [-0.15, -0.1) is 0 Å². The van der Waals surface area contributed by atoms with Crippen LogP contribution in [-0.2, 0) is 19.2 Å². The molecule has 0 aliphatic carbocycles. The Bertz CT molecular complexity index is 417. The fraction of sp³-hybridized carbons (Fsp3) is 0.636. The number of carbonyl (C=O) groups is 4. The smallest absolute Gasteiger partial charge is 0.325 e. The molecule has 0 spiro atoms. The van der Waals surface area contributed by atoms with E-state index in [-0.39, 0.29) is 5.75 Å².